The maximum absolute atomic E-state index is 12.6. The van der Waals surface area contributed by atoms with Crippen LogP contribution in [0.5, 0.6) is 0 Å². The van der Waals surface area contributed by atoms with Gasteiger partial charge in [-0.1, -0.05) is 6.92 Å². The SMILES string of the molecule is CCC1CN(S(=O)(=O)c2cc(CO)sc2Br)CCS1. The molecule has 0 bridgehead atoms. The van der Waals surface area contributed by atoms with Gasteiger partial charge in [-0.05, 0) is 28.4 Å². The second kappa shape index (κ2) is 6.44. The first kappa shape index (κ1) is 15.8. The molecule has 1 aromatic rings. The monoisotopic (exact) mass is 385 g/mol. The quantitative estimate of drug-likeness (QED) is 0.864. The van der Waals surface area contributed by atoms with Crippen molar-refractivity contribution in [2.24, 2.45) is 0 Å². The molecule has 1 aliphatic rings. The lowest BCUT2D eigenvalue weighted by Crippen LogP contribution is -2.41. The number of nitrogens with zero attached hydrogens (tertiary/aromatic N) is 1. The first-order valence-corrected chi connectivity index (χ1v) is 10.1. The van der Waals surface area contributed by atoms with Gasteiger partial charge in [-0.15, -0.1) is 11.3 Å². The lowest BCUT2D eigenvalue weighted by molar-refractivity contribution is 0.285. The molecule has 108 valence electrons. The third-order valence-electron chi connectivity index (χ3n) is 3.04. The highest BCUT2D eigenvalue weighted by atomic mass is 79.9. The summed E-state index contributed by atoms with van der Waals surface area (Å²) in [5.41, 5.74) is 0. The number of thiophene rings is 1. The summed E-state index contributed by atoms with van der Waals surface area (Å²) >= 11 is 6.39. The molecule has 1 atom stereocenters. The third kappa shape index (κ3) is 3.36. The molecule has 1 N–H and O–H groups in total. The Labute approximate surface area is 130 Å². The van der Waals surface area contributed by atoms with Crippen molar-refractivity contribution in [2.45, 2.75) is 30.1 Å². The average molecular weight is 386 g/mol. The normalized spacial score (nSPS) is 21.7. The fourth-order valence-corrected chi connectivity index (χ4v) is 7.32. The van der Waals surface area contributed by atoms with Crippen LogP contribution < -0.4 is 0 Å². The van der Waals surface area contributed by atoms with Gasteiger partial charge < -0.3 is 5.11 Å². The average Bonchev–Trinajstić information content (AvgIpc) is 2.81. The van der Waals surface area contributed by atoms with E-state index in [0.29, 0.717) is 27.0 Å². The predicted molar refractivity (Wildman–Crippen MR) is 83.2 cm³/mol. The van der Waals surface area contributed by atoms with Crippen LogP contribution in [0.4, 0.5) is 0 Å². The Hall–Kier alpha value is 0.400. The molecule has 2 heterocycles. The summed E-state index contributed by atoms with van der Waals surface area (Å²) in [6.07, 6.45) is 0.976. The van der Waals surface area contributed by atoms with Crippen molar-refractivity contribution in [1.82, 2.24) is 4.31 Å². The van der Waals surface area contributed by atoms with Gasteiger partial charge in [0.25, 0.3) is 0 Å². The van der Waals surface area contributed by atoms with Crippen molar-refractivity contribution in [3.8, 4) is 0 Å². The molecule has 0 aliphatic carbocycles. The molecule has 1 aliphatic heterocycles. The van der Waals surface area contributed by atoms with Gasteiger partial charge >= 0.3 is 0 Å². The van der Waals surface area contributed by atoms with Crippen molar-refractivity contribution < 1.29 is 13.5 Å². The smallest absolute Gasteiger partial charge is 0.245 e. The zero-order valence-electron chi connectivity index (χ0n) is 10.5. The summed E-state index contributed by atoms with van der Waals surface area (Å²) in [7, 11) is -3.45. The van der Waals surface area contributed by atoms with Crippen LogP contribution in [0.15, 0.2) is 14.7 Å². The Morgan fingerprint density at radius 1 is 1.58 bits per heavy atom. The predicted octanol–water partition coefficient (Wildman–Crippen LogP) is 2.52. The largest absolute Gasteiger partial charge is 0.391 e. The van der Waals surface area contributed by atoms with Crippen molar-refractivity contribution >= 4 is 49.1 Å². The van der Waals surface area contributed by atoms with Crippen molar-refractivity contribution in [2.75, 3.05) is 18.8 Å². The topological polar surface area (TPSA) is 57.6 Å². The Balaban J connectivity index is 2.28. The minimum atomic E-state index is -3.45. The van der Waals surface area contributed by atoms with Crippen LogP contribution in [0, 0.1) is 0 Å². The first-order chi connectivity index (χ1) is 8.98. The minimum absolute atomic E-state index is 0.133. The van der Waals surface area contributed by atoms with E-state index in [-0.39, 0.29) is 11.5 Å². The number of aliphatic hydroxyl groups is 1. The minimum Gasteiger partial charge on any atom is -0.391 e. The summed E-state index contributed by atoms with van der Waals surface area (Å²) in [6, 6.07) is 1.56. The van der Waals surface area contributed by atoms with Crippen LogP contribution in [0.3, 0.4) is 0 Å². The number of hydrogen-bond acceptors (Lipinski definition) is 5. The molecule has 0 radical (unpaired) electrons. The third-order valence-corrected chi connectivity index (χ3v) is 8.51. The molecule has 1 saturated heterocycles. The zero-order chi connectivity index (χ0) is 14.0. The van der Waals surface area contributed by atoms with E-state index in [1.54, 1.807) is 10.4 Å². The highest BCUT2D eigenvalue weighted by molar-refractivity contribution is 9.11. The fraction of sp³-hybridized carbons (Fsp3) is 0.636. The molecule has 2 rings (SSSR count). The van der Waals surface area contributed by atoms with E-state index in [4.69, 9.17) is 5.11 Å². The lowest BCUT2D eigenvalue weighted by atomic mass is 10.3. The van der Waals surface area contributed by atoms with Gasteiger partial charge in [0.1, 0.15) is 4.90 Å². The van der Waals surface area contributed by atoms with Crippen molar-refractivity contribution in [3.63, 3.8) is 0 Å². The van der Waals surface area contributed by atoms with Gasteiger partial charge in [-0.25, -0.2) is 8.42 Å². The van der Waals surface area contributed by atoms with E-state index in [9.17, 15) is 8.42 Å². The number of sulfonamides is 1. The van der Waals surface area contributed by atoms with Gasteiger partial charge in [0.05, 0.1) is 10.4 Å². The first-order valence-electron chi connectivity index (χ1n) is 5.99. The molecule has 1 unspecified atom stereocenters. The zero-order valence-corrected chi connectivity index (χ0v) is 14.5. The van der Waals surface area contributed by atoms with E-state index in [1.807, 2.05) is 11.8 Å². The second-order valence-electron chi connectivity index (χ2n) is 4.27. The maximum atomic E-state index is 12.6. The van der Waals surface area contributed by atoms with Crippen molar-refractivity contribution in [1.29, 1.82) is 0 Å². The number of halogens is 1. The van der Waals surface area contributed by atoms with Crippen molar-refractivity contribution in [3.05, 3.63) is 14.7 Å². The molecule has 0 saturated carbocycles. The van der Waals surface area contributed by atoms with Crippen LogP contribution in [0.1, 0.15) is 18.2 Å². The molecule has 1 aromatic heterocycles. The fourth-order valence-electron chi connectivity index (χ4n) is 1.95. The van der Waals surface area contributed by atoms with Gasteiger partial charge in [0.15, 0.2) is 0 Å². The Bertz CT molecular complexity index is 543. The summed E-state index contributed by atoms with van der Waals surface area (Å²) < 4.78 is 27.4. The number of aliphatic hydroxyl groups excluding tert-OH is 1. The highest BCUT2D eigenvalue weighted by Crippen LogP contribution is 2.35. The summed E-state index contributed by atoms with van der Waals surface area (Å²) in [5.74, 6) is 0.840. The number of thioether (sulfide) groups is 1. The summed E-state index contributed by atoms with van der Waals surface area (Å²) in [5, 5.41) is 9.48. The molecule has 0 spiro atoms. The highest BCUT2D eigenvalue weighted by Gasteiger charge is 2.32. The maximum Gasteiger partial charge on any atom is 0.245 e. The van der Waals surface area contributed by atoms with E-state index in [1.165, 1.54) is 11.3 Å². The summed E-state index contributed by atoms with van der Waals surface area (Å²) in [4.78, 5) is 0.937. The molecule has 4 nitrogen and oxygen atoms in total. The Kier molecular flexibility index (Phi) is 5.35. The van der Waals surface area contributed by atoms with Crippen LogP contribution >= 0.6 is 39.0 Å². The van der Waals surface area contributed by atoms with E-state index in [2.05, 4.69) is 22.9 Å². The van der Waals surface area contributed by atoms with Gasteiger partial charge in [-0.2, -0.15) is 16.1 Å². The van der Waals surface area contributed by atoms with Gasteiger partial charge in [0, 0.05) is 29.0 Å². The molecular weight excluding hydrogens is 370 g/mol. The standard InChI is InChI=1S/C11H16BrNO3S3/c1-2-8-6-13(3-4-17-8)19(15,16)10-5-9(7-14)18-11(10)12/h5,8,14H,2-4,6-7H2,1H3. The van der Waals surface area contributed by atoms with E-state index in [0.717, 1.165) is 12.2 Å². The molecule has 0 aromatic carbocycles. The molecule has 19 heavy (non-hydrogen) atoms. The van der Waals surface area contributed by atoms with Crippen LogP contribution in [0.25, 0.3) is 0 Å². The molecule has 0 amide bonds. The molecule has 8 heteroatoms. The van der Waals surface area contributed by atoms with E-state index >= 15 is 0 Å². The molecular formula is C11H16BrNO3S3. The van der Waals surface area contributed by atoms with Crippen LogP contribution in [-0.4, -0.2) is 41.9 Å². The van der Waals surface area contributed by atoms with Gasteiger partial charge in [-0.3, -0.25) is 0 Å². The van der Waals surface area contributed by atoms with Gasteiger partial charge in [0.2, 0.25) is 10.0 Å². The Morgan fingerprint density at radius 3 is 2.89 bits per heavy atom. The molecule has 1 fully saturated rings. The van der Waals surface area contributed by atoms with Crippen LogP contribution in [-0.2, 0) is 16.6 Å². The van der Waals surface area contributed by atoms with Crippen LogP contribution in [0.2, 0.25) is 0 Å². The van der Waals surface area contributed by atoms with E-state index < -0.39 is 10.0 Å². The number of rotatable bonds is 4. The second-order valence-corrected chi connectivity index (χ2v) is 10.0. The summed E-state index contributed by atoms with van der Waals surface area (Å²) in [6.45, 7) is 3.07. The Morgan fingerprint density at radius 2 is 2.32 bits per heavy atom. The number of hydrogen-bond donors (Lipinski definition) is 1. The lowest BCUT2D eigenvalue weighted by Gasteiger charge is -2.30.